The molecule has 0 heterocycles. The van der Waals surface area contributed by atoms with Crippen LogP contribution in [0.4, 0.5) is 5.69 Å². The van der Waals surface area contributed by atoms with Crippen LogP contribution >= 0.6 is 15.9 Å². The van der Waals surface area contributed by atoms with Crippen LogP contribution in [0.5, 0.6) is 0 Å². The number of anilines is 1. The Morgan fingerprint density at radius 3 is 2.67 bits per heavy atom. The first-order valence-electron chi connectivity index (χ1n) is 5.64. The average molecular weight is 334 g/mol. The number of hydrogen-bond acceptors (Lipinski definition) is 4. The van der Waals surface area contributed by atoms with Gasteiger partial charge in [0.25, 0.3) is 0 Å². The van der Waals surface area contributed by atoms with Crippen LogP contribution in [0.25, 0.3) is 0 Å². The van der Waals surface area contributed by atoms with Crippen molar-refractivity contribution in [2.75, 3.05) is 17.2 Å². The van der Waals surface area contributed by atoms with E-state index in [1.807, 2.05) is 0 Å². The molecule has 18 heavy (non-hydrogen) atoms. The number of sulfone groups is 1. The standard InChI is InChI=1S/C12H16BrNO3S/c1-2-18(16,17)7-3-4-12(15)10-8-9(14)5-6-11(10)13/h5-6,8H,2-4,7,14H2,1H3. The summed E-state index contributed by atoms with van der Waals surface area (Å²) < 4.78 is 23.3. The fraction of sp³-hybridized carbons (Fsp3) is 0.417. The van der Waals surface area contributed by atoms with E-state index in [1.54, 1.807) is 25.1 Å². The van der Waals surface area contributed by atoms with E-state index in [2.05, 4.69) is 15.9 Å². The molecule has 6 heteroatoms. The molecule has 1 aromatic rings. The van der Waals surface area contributed by atoms with Crippen LogP contribution in [0.3, 0.4) is 0 Å². The molecule has 0 amide bonds. The molecule has 0 saturated heterocycles. The molecule has 0 aliphatic rings. The molecular formula is C12H16BrNO3S. The summed E-state index contributed by atoms with van der Waals surface area (Å²) in [7, 11) is -3.00. The third-order valence-electron chi connectivity index (χ3n) is 2.59. The number of nitrogen functional groups attached to an aromatic ring is 1. The first-order chi connectivity index (χ1) is 8.35. The molecule has 0 spiro atoms. The molecule has 1 rings (SSSR count). The van der Waals surface area contributed by atoms with Gasteiger partial charge in [0.1, 0.15) is 9.84 Å². The van der Waals surface area contributed by atoms with Crippen molar-refractivity contribution in [3.05, 3.63) is 28.2 Å². The maximum absolute atomic E-state index is 11.9. The summed E-state index contributed by atoms with van der Waals surface area (Å²) in [4.78, 5) is 11.9. The third kappa shape index (κ3) is 4.42. The predicted molar refractivity (Wildman–Crippen MR) is 76.4 cm³/mol. The summed E-state index contributed by atoms with van der Waals surface area (Å²) in [5.41, 5.74) is 6.64. The van der Waals surface area contributed by atoms with Crippen molar-refractivity contribution in [1.29, 1.82) is 0 Å². The van der Waals surface area contributed by atoms with Gasteiger partial charge in [-0.1, -0.05) is 22.9 Å². The molecular weight excluding hydrogens is 318 g/mol. The lowest BCUT2D eigenvalue weighted by atomic mass is 10.1. The molecule has 1 aromatic carbocycles. The third-order valence-corrected chi connectivity index (χ3v) is 5.07. The van der Waals surface area contributed by atoms with Crippen molar-refractivity contribution in [3.8, 4) is 0 Å². The number of carbonyl (C=O) groups excluding carboxylic acids is 1. The SMILES string of the molecule is CCS(=O)(=O)CCCC(=O)c1cc(N)ccc1Br. The molecule has 0 saturated carbocycles. The van der Waals surface area contributed by atoms with Crippen molar-refractivity contribution >= 4 is 37.2 Å². The molecule has 4 nitrogen and oxygen atoms in total. The number of ketones is 1. The Kier molecular flexibility index (Phi) is 5.34. The van der Waals surface area contributed by atoms with Gasteiger partial charge in [-0.15, -0.1) is 0 Å². The highest BCUT2D eigenvalue weighted by molar-refractivity contribution is 9.10. The summed E-state index contributed by atoms with van der Waals surface area (Å²) in [5.74, 6) is 0.0682. The van der Waals surface area contributed by atoms with E-state index in [0.717, 1.165) is 0 Å². The number of hydrogen-bond donors (Lipinski definition) is 1. The quantitative estimate of drug-likeness (QED) is 0.640. The van der Waals surface area contributed by atoms with Crippen LogP contribution in [0.15, 0.2) is 22.7 Å². The minimum Gasteiger partial charge on any atom is -0.399 e. The molecule has 0 fully saturated rings. The lowest BCUT2D eigenvalue weighted by molar-refractivity contribution is 0.0981. The minimum atomic E-state index is -3.00. The monoisotopic (exact) mass is 333 g/mol. The van der Waals surface area contributed by atoms with Gasteiger partial charge in [0, 0.05) is 27.9 Å². The molecule has 0 atom stereocenters. The highest BCUT2D eigenvalue weighted by Gasteiger charge is 2.13. The van der Waals surface area contributed by atoms with Crippen LogP contribution in [-0.4, -0.2) is 25.7 Å². The van der Waals surface area contributed by atoms with Gasteiger partial charge in [-0.05, 0) is 24.6 Å². The predicted octanol–water partition coefficient (Wildman–Crippen LogP) is 2.43. The van der Waals surface area contributed by atoms with Crippen LogP contribution in [0, 0.1) is 0 Å². The second-order valence-electron chi connectivity index (χ2n) is 4.00. The fourth-order valence-corrected chi connectivity index (χ4v) is 2.83. The van der Waals surface area contributed by atoms with Crippen LogP contribution in [-0.2, 0) is 9.84 Å². The fourth-order valence-electron chi connectivity index (χ4n) is 1.49. The Hall–Kier alpha value is -0.880. The van der Waals surface area contributed by atoms with Gasteiger partial charge in [0.2, 0.25) is 0 Å². The summed E-state index contributed by atoms with van der Waals surface area (Å²) in [6.45, 7) is 1.60. The summed E-state index contributed by atoms with van der Waals surface area (Å²) >= 11 is 3.28. The summed E-state index contributed by atoms with van der Waals surface area (Å²) in [6, 6.07) is 5.01. The molecule has 0 unspecified atom stereocenters. The average Bonchev–Trinajstić information content (AvgIpc) is 2.32. The van der Waals surface area contributed by atoms with E-state index < -0.39 is 9.84 Å². The first-order valence-corrected chi connectivity index (χ1v) is 8.26. The van der Waals surface area contributed by atoms with Crippen LogP contribution < -0.4 is 5.73 Å². The van der Waals surface area contributed by atoms with E-state index in [0.29, 0.717) is 22.1 Å². The van der Waals surface area contributed by atoms with Crippen molar-refractivity contribution in [3.63, 3.8) is 0 Å². The topological polar surface area (TPSA) is 77.2 Å². The van der Waals surface area contributed by atoms with E-state index in [4.69, 9.17) is 5.73 Å². The number of halogens is 1. The van der Waals surface area contributed by atoms with Gasteiger partial charge in [-0.2, -0.15) is 0 Å². The van der Waals surface area contributed by atoms with Gasteiger partial charge >= 0.3 is 0 Å². The van der Waals surface area contributed by atoms with Gasteiger partial charge in [0.05, 0.1) is 5.75 Å². The Bertz CT molecular complexity index is 540. The smallest absolute Gasteiger partial charge is 0.164 e. The van der Waals surface area contributed by atoms with Gasteiger partial charge < -0.3 is 5.73 Å². The van der Waals surface area contributed by atoms with Gasteiger partial charge in [0.15, 0.2) is 5.78 Å². The molecule has 0 bridgehead atoms. The van der Waals surface area contributed by atoms with E-state index in [1.165, 1.54) is 0 Å². The van der Waals surface area contributed by atoms with Crippen molar-refractivity contribution in [2.45, 2.75) is 19.8 Å². The van der Waals surface area contributed by atoms with Crippen molar-refractivity contribution in [1.82, 2.24) is 0 Å². The molecule has 0 aliphatic heterocycles. The van der Waals surface area contributed by atoms with E-state index in [-0.39, 0.29) is 23.7 Å². The maximum atomic E-state index is 11.9. The zero-order valence-corrected chi connectivity index (χ0v) is 12.6. The molecule has 0 aliphatic carbocycles. The number of benzene rings is 1. The Balaban J connectivity index is 2.64. The Morgan fingerprint density at radius 2 is 2.06 bits per heavy atom. The Morgan fingerprint density at radius 1 is 1.39 bits per heavy atom. The lowest BCUT2D eigenvalue weighted by Crippen LogP contribution is -2.10. The highest BCUT2D eigenvalue weighted by Crippen LogP contribution is 2.21. The van der Waals surface area contributed by atoms with Gasteiger partial charge in [-0.25, -0.2) is 8.42 Å². The van der Waals surface area contributed by atoms with Crippen LogP contribution in [0.1, 0.15) is 30.1 Å². The van der Waals surface area contributed by atoms with Crippen molar-refractivity contribution in [2.24, 2.45) is 0 Å². The maximum Gasteiger partial charge on any atom is 0.164 e. The minimum absolute atomic E-state index is 0.0508. The number of nitrogens with two attached hydrogens (primary N) is 1. The van der Waals surface area contributed by atoms with Gasteiger partial charge in [-0.3, -0.25) is 4.79 Å². The largest absolute Gasteiger partial charge is 0.399 e. The second-order valence-corrected chi connectivity index (χ2v) is 7.33. The zero-order valence-electron chi connectivity index (χ0n) is 10.1. The van der Waals surface area contributed by atoms with Crippen LogP contribution in [0.2, 0.25) is 0 Å². The highest BCUT2D eigenvalue weighted by atomic mass is 79.9. The molecule has 0 radical (unpaired) electrons. The second kappa shape index (κ2) is 6.33. The number of carbonyl (C=O) groups is 1. The normalized spacial score (nSPS) is 11.4. The van der Waals surface area contributed by atoms with E-state index in [9.17, 15) is 13.2 Å². The van der Waals surface area contributed by atoms with Crippen molar-refractivity contribution < 1.29 is 13.2 Å². The summed E-state index contributed by atoms with van der Waals surface area (Å²) in [6.07, 6.45) is 0.553. The molecule has 100 valence electrons. The number of rotatable bonds is 6. The summed E-state index contributed by atoms with van der Waals surface area (Å²) in [5, 5.41) is 0. The first kappa shape index (κ1) is 15.2. The molecule has 0 aromatic heterocycles. The molecule has 2 N–H and O–H groups in total. The Labute approximate surface area is 116 Å². The number of Topliss-reactive ketones (excluding diaryl/α,β-unsaturated/α-hetero) is 1. The van der Waals surface area contributed by atoms with E-state index >= 15 is 0 Å². The zero-order chi connectivity index (χ0) is 13.8. The lowest BCUT2D eigenvalue weighted by Gasteiger charge is -2.05.